The summed E-state index contributed by atoms with van der Waals surface area (Å²) in [5.74, 6) is -0.738. The molecule has 96 valence electrons. The Morgan fingerprint density at radius 1 is 1.39 bits per heavy atom. The smallest absolute Gasteiger partial charge is 0.337 e. The molecular formula is C12H13NO5. The lowest BCUT2D eigenvalue weighted by molar-refractivity contribution is -0.156. The molecular weight excluding hydrogens is 238 g/mol. The second-order valence-corrected chi connectivity index (χ2v) is 3.48. The average Bonchev–Trinajstić information content (AvgIpc) is 2.43. The van der Waals surface area contributed by atoms with Crippen LogP contribution in [0.4, 0.5) is 0 Å². The molecule has 0 aliphatic rings. The van der Waals surface area contributed by atoms with Gasteiger partial charge in [0.1, 0.15) is 11.9 Å². The van der Waals surface area contributed by atoms with Crippen LogP contribution in [0.5, 0.6) is 5.75 Å². The summed E-state index contributed by atoms with van der Waals surface area (Å²) in [7, 11) is 2.46. The Labute approximate surface area is 104 Å². The Kier molecular flexibility index (Phi) is 4.66. The van der Waals surface area contributed by atoms with Crippen molar-refractivity contribution in [2.75, 3.05) is 14.2 Å². The molecule has 0 aliphatic carbocycles. The van der Waals surface area contributed by atoms with Crippen molar-refractivity contribution in [3.63, 3.8) is 0 Å². The van der Waals surface area contributed by atoms with Gasteiger partial charge in [-0.05, 0) is 12.1 Å². The molecule has 0 bridgehead atoms. The number of nitriles is 1. The van der Waals surface area contributed by atoms with E-state index in [4.69, 9.17) is 10.00 Å². The van der Waals surface area contributed by atoms with E-state index >= 15 is 0 Å². The first-order valence-electron chi connectivity index (χ1n) is 5.07. The molecule has 0 spiro atoms. The minimum atomic E-state index is -1.71. The number of aliphatic hydroxyl groups is 2. The first kappa shape index (κ1) is 14.0. The van der Waals surface area contributed by atoms with Gasteiger partial charge in [0.2, 0.25) is 0 Å². The Morgan fingerprint density at radius 3 is 2.56 bits per heavy atom. The molecule has 0 saturated carbocycles. The van der Waals surface area contributed by atoms with Gasteiger partial charge in [0, 0.05) is 5.56 Å². The topological polar surface area (TPSA) is 99.8 Å². The maximum absolute atomic E-state index is 11.1. The minimum absolute atomic E-state index is 0.203. The van der Waals surface area contributed by atoms with Gasteiger partial charge in [-0.1, -0.05) is 6.07 Å². The van der Waals surface area contributed by atoms with Crippen molar-refractivity contribution in [3.05, 3.63) is 29.3 Å². The van der Waals surface area contributed by atoms with Crippen LogP contribution >= 0.6 is 0 Å². The number of methoxy groups -OCH3 is 2. The van der Waals surface area contributed by atoms with Crippen LogP contribution in [0.25, 0.3) is 0 Å². The molecule has 1 rings (SSSR count). The molecule has 0 heterocycles. The summed E-state index contributed by atoms with van der Waals surface area (Å²) >= 11 is 0. The van der Waals surface area contributed by atoms with Gasteiger partial charge in [-0.3, -0.25) is 0 Å². The van der Waals surface area contributed by atoms with E-state index < -0.39 is 18.2 Å². The maximum Gasteiger partial charge on any atom is 0.337 e. The van der Waals surface area contributed by atoms with E-state index in [0.29, 0.717) is 5.56 Å². The first-order valence-corrected chi connectivity index (χ1v) is 5.07. The van der Waals surface area contributed by atoms with Crippen LogP contribution in [0.2, 0.25) is 0 Å². The summed E-state index contributed by atoms with van der Waals surface area (Å²) in [4.78, 5) is 11.1. The molecule has 2 unspecified atom stereocenters. The molecule has 1 aromatic rings. The fourth-order valence-electron chi connectivity index (χ4n) is 1.44. The van der Waals surface area contributed by atoms with E-state index in [2.05, 4.69) is 4.74 Å². The summed E-state index contributed by atoms with van der Waals surface area (Å²) in [6.07, 6.45) is -3.20. The number of hydrogen-bond donors (Lipinski definition) is 2. The lowest BCUT2D eigenvalue weighted by Gasteiger charge is -2.18. The normalized spacial score (nSPS) is 13.3. The molecule has 0 amide bonds. The van der Waals surface area contributed by atoms with Crippen molar-refractivity contribution in [1.82, 2.24) is 0 Å². The van der Waals surface area contributed by atoms with Crippen molar-refractivity contribution < 1.29 is 24.5 Å². The standard InChI is InChI=1S/C12H13NO5/c1-17-9-5-7(6-13)3-4-8(9)10(14)11(15)12(16)18-2/h3-5,10-11,14-15H,1-2H3. The van der Waals surface area contributed by atoms with Crippen LogP contribution < -0.4 is 4.74 Å². The van der Waals surface area contributed by atoms with Crippen LogP contribution in [-0.2, 0) is 9.53 Å². The number of esters is 1. The Bertz CT molecular complexity index is 480. The van der Waals surface area contributed by atoms with Crippen LogP contribution in [0.1, 0.15) is 17.2 Å². The molecule has 2 atom stereocenters. The van der Waals surface area contributed by atoms with Crippen LogP contribution in [-0.4, -0.2) is 36.5 Å². The van der Waals surface area contributed by atoms with Gasteiger partial charge < -0.3 is 19.7 Å². The molecule has 6 nitrogen and oxygen atoms in total. The van der Waals surface area contributed by atoms with E-state index in [0.717, 1.165) is 7.11 Å². The number of aliphatic hydroxyl groups excluding tert-OH is 2. The molecule has 6 heteroatoms. The van der Waals surface area contributed by atoms with E-state index in [1.165, 1.54) is 25.3 Å². The molecule has 2 N–H and O–H groups in total. The van der Waals surface area contributed by atoms with Crippen molar-refractivity contribution in [3.8, 4) is 11.8 Å². The fourth-order valence-corrected chi connectivity index (χ4v) is 1.44. The van der Waals surface area contributed by atoms with Crippen LogP contribution in [0.3, 0.4) is 0 Å². The largest absolute Gasteiger partial charge is 0.496 e. The molecule has 0 radical (unpaired) electrons. The summed E-state index contributed by atoms with van der Waals surface area (Å²) in [5, 5.41) is 28.1. The van der Waals surface area contributed by atoms with Crippen molar-refractivity contribution >= 4 is 5.97 Å². The highest BCUT2D eigenvalue weighted by Crippen LogP contribution is 2.28. The molecule has 18 heavy (non-hydrogen) atoms. The molecule has 1 aromatic carbocycles. The van der Waals surface area contributed by atoms with Gasteiger partial charge >= 0.3 is 5.97 Å². The quantitative estimate of drug-likeness (QED) is 0.738. The minimum Gasteiger partial charge on any atom is -0.496 e. The van der Waals surface area contributed by atoms with Gasteiger partial charge in [0.15, 0.2) is 6.10 Å². The van der Waals surface area contributed by atoms with Crippen LogP contribution in [0, 0.1) is 11.3 Å². The summed E-state index contributed by atoms with van der Waals surface area (Å²) in [5.41, 5.74) is 0.546. The second-order valence-electron chi connectivity index (χ2n) is 3.48. The van der Waals surface area contributed by atoms with Gasteiger partial charge in [0.25, 0.3) is 0 Å². The highest BCUT2D eigenvalue weighted by Gasteiger charge is 2.28. The lowest BCUT2D eigenvalue weighted by Crippen LogP contribution is -2.29. The van der Waals surface area contributed by atoms with Gasteiger partial charge in [-0.15, -0.1) is 0 Å². The second kappa shape index (κ2) is 6.00. The van der Waals surface area contributed by atoms with Crippen LogP contribution in [0.15, 0.2) is 18.2 Å². The van der Waals surface area contributed by atoms with E-state index in [9.17, 15) is 15.0 Å². The van der Waals surface area contributed by atoms with Crippen molar-refractivity contribution in [2.45, 2.75) is 12.2 Å². The van der Waals surface area contributed by atoms with E-state index in [-0.39, 0.29) is 11.3 Å². The average molecular weight is 251 g/mol. The molecule has 0 saturated heterocycles. The fraction of sp³-hybridized carbons (Fsp3) is 0.333. The number of carbonyl (C=O) groups is 1. The van der Waals surface area contributed by atoms with Crippen molar-refractivity contribution in [2.24, 2.45) is 0 Å². The predicted molar refractivity (Wildman–Crippen MR) is 60.7 cm³/mol. The predicted octanol–water partition coefficient (Wildman–Crippen LogP) is 0.134. The highest BCUT2D eigenvalue weighted by molar-refractivity contribution is 5.75. The Morgan fingerprint density at radius 2 is 2.06 bits per heavy atom. The third-order valence-electron chi connectivity index (χ3n) is 2.42. The molecule has 0 fully saturated rings. The van der Waals surface area contributed by atoms with Crippen molar-refractivity contribution in [1.29, 1.82) is 5.26 Å². The first-order chi connectivity index (χ1) is 8.54. The zero-order valence-corrected chi connectivity index (χ0v) is 9.95. The molecule has 0 aliphatic heterocycles. The summed E-state index contributed by atoms with van der Waals surface area (Å²) in [6.45, 7) is 0. The van der Waals surface area contributed by atoms with Gasteiger partial charge in [-0.2, -0.15) is 5.26 Å². The summed E-state index contributed by atoms with van der Waals surface area (Å²) in [6, 6.07) is 6.18. The third kappa shape index (κ3) is 2.77. The number of nitrogens with zero attached hydrogens (tertiary/aromatic N) is 1. The third-order valence-corrected chi connectivity index (χ3v) is 2.42. The number of carbonyl (C=O) groups excluding carboxylic acids is 1. The van der Waals surface area contributed by atoms with E-state index in [1.807, 2.05) is 6.07 Å². The Hall–Kier alpha value is -2.10. The zero-order valence-electron chi connectivity index (χ0n) is 9.95. The number of ether oxygens (including phenoxy) is 2. The monoisotopic (exact) mass is 251 g/mol. The number of benzene rings is 1. The lowest BCUT2D eigenvalue weighted by atomic mass is 10.0. The molecule has 0 aromatic heterocycles. The zero-order chi connectivity index (χ0) is 13.7. The Balaban J connectivity index is 3.09. The maximum atomic E-state index is 11.1. The van der Waals surface area contributed by atoms with E-state index in [1.54, 1.807) is 0 Å². The van der Waals surface area contributed by atoms with Gasteiger partial charge in [-0.25, -0.2) is 4.79 Å². The SMILES string of the molecule is COC(=O)C(O)C(O)c1ccc(C#N)cc1OC. The van der Waals surface area contributed by atoms with Gasteiger partial charge in [0.05, 0.1) is 25.9 Å². The number of hydrogen-bond acceptors (Lipinski definition) is 6. The highest BCUT2D eigenvalue weighted by atomic mass is 16.5. The number of rotatable bonds is 4. The summed E-state index contributed by atoms with van der Waals surface area (Å²) < 4.78 is 9.33.